The van der Waals surface area contributed by atoms with Crippen LogP contribution in [0.2, 0.25) is 0 Å². The predicted molar refractivity (Wildman–Crippen MR) is 68.8 cm³/mol. The van der Waals surface area contributed by atoms with Crippen LogP contribution in [-0.2, 0) is 6.54 Å². The summed E-state index contributed by atoms with van der Waals surface area (Å²) >= 11 is 3.38. The summed E-state index contributed by atoms with van der Waals surface area (Å²) in [5.41, 5.74) is 6.89. The molecule has 7 heteroatoms. The smallest absolute Gasteiger partial charge is 0.312 e. The molecule has 0 aliphatic carbocycles. The van der Waals surface area contributed by atoms with Gasteiger partial charge in [0.1, 0.15) is 0 Å². The third kappa shape index (κ3) is 2.86. The normalized spacial score (nSPS) is 10.3. The molecule has 0 aliphatic heterocycles. The topological polar surface area (TPSA) is 94.0 Å². The van der Waals surface area contributed by atoms with E-state index in [1.54, 1.807) is 12.1 Å². The Morgan fingerprint density at radius 2 is 2.28 bits per heavy atom. The second-order valence-electron chi connectivity index (χ2n) is 3.68. The quantitative estimate of drug-likeness (QED) is 0.899. The number of aryl methyl sites for hydroxylation is 1. The van der Waals surface area contributed by atoms with Crippen LogP contribution in [0.15, 0.2) is 27.1 Å². The zero-order chi connectivity index (χ0) is 13.1. The van der Waals surface area contributed by atoms with Gasteiger partial charge in [0.2, 0.25) is 5.89 Å². The fourth-order valence-electron chi connectivity index (χ4n) is 1.33. The van der Waals surface area contributed by atoms with E-state index in [0.29, 0.717) is 5.56 Å². The van der Waals surface area contributed by atoms with E-state index in [-0.39, 0.29) is 24.4 Å². The number of carbonyl (C=O) groups is 1. The third-order valence-corrected chi connectivity index (χ3v) is 3.17. The zero-order valence-corrected chi connectivity index (χ0v) is 11.2. The van der Waals surface area contributed by atoms with Gasteiger partial charge < -0.3 is 15.5 Å². The molecule has 2 rings (SSSR count). The van der Waals surface area contributed by atoms with Crippen LogP contribution in [0.3, 0.4) is 0 Å². The highest BCUT2D eigenvalue weighted by Crippen LogP contribution is 2.17. The van der Waals surface area contributed by atoms with E-state index in [1.807, 2.05) is 13.0 Å². The molecule has 0 bridgehead atoms. The Bertz CT molecular complexity index is 582. The molecule has 0 radical (unpaired) electrons. The molecule has 1 aromatic heterocycles. The molecule has 1 heterocycles. The summed E-state index contributed by atoms with van der Waals surface area (Å²) in [5.74, 6) is 0.0551. The first-order valence-corrected chi connectivity index (χ1v) is 5.98. The molecule has 0 fully saturated rings. The van der Waals surface area contributed by atoms with Crippen molar-refractivity contribution in [3.8, 4) is 0 Å². The Labute approximate surface area is 112 Å². The standard InChI is InChI=1S/C11H11BrN4O2/c1-6-2-3-7(4-8(6)12)10(17)14-5-9-15-16-11(13)18-9/h2-4H,5H2,1H3,(H2,13,16)(H,14,17). The van der Waals surface area contributed by atoms with E-state index in [1.165, 1.54) is 0 Å². The number of nitrogen functional groups attached to an aromatic ring is 1. The summed E-state index contributed by atoms with van der Waals surface area (Å²) in [5, 5.41) is 9.81. The fourth-order valence-corrected chi connectivity index (χ4v) is 1.71. The number of nitrogens with one attached hydrogen (secondary N) is 1. The van der Waals surface area contributed by atoms with Gasteiger partial charge in [-0.2, -0.15) is 0 Å². The molecular weight excluding hydrogens is 300 g/mol. The maximum atomic E-state index is 11.8. The second-order valence-corrected chi connectivity index (χ2v) is 4.54. The van der Waals surface area contributed by atoms with Gasteiger partial charge >= 0.3 is 6.01 Å². The van der Waals surface area contributed by atoms with E-state index < -0.39 is 0 Å². The van der Waals surface area contributed by atoms with Crippen molar-refractivity contribution < 1.29 is 9.21 Å². The fraction of sp³-hybridized carbons (Fsp3) is 0.182. The lowest BCUT2D eigenvalue weighted by atomic mass is 10.1. The summed E-state index contributed by atoms with van der Waals surface area (Å²) in [6, 6.07) is 5.35. The first kappa shape index (κ1) is 12.6. The van der Waals surface area contributed by atoms with Crippen molar-refractivity contribution in [3.05, 3.63) is 39.7 Å². The van der Waals surface area contributed by atoms with Gasteiger partial charge in [-0.25, -0.2) is 0 Å². The molecule has 0 saturated heterocycles. The minimum atomic E-state index is -0.215. The second kappa shape index (κ2) is 5.18. The van der Waals surface area contributed by atoms with E-state index in [4.69, 9.17) is 10.2 Å². The lowest BCUT2D eigenvalue weighted by Crippen LogP contribution is -2.23. The van der Waals surface area contributed by atoms with Gasteiger partial charge in [-0.3, -0.25) is 4.79 Å². The first-order chi connectivity index (χ1) is 8.56. The number of nitrogens with zero attached hydrogens (tertiary/aromatic N) is 2. The number of amides is 1. The first-order valence-electron chi connectivity index (χ1n) is 5.18. The average Bonchev–Trinajstić information content (AvgIpc) is 2.75. The highest BCUT2D eigenvalue weighted by atomic mass is 79.9. The van der Waals surface area contributed by atoms with E-state index >= 15 is 0 Å². The van der Waals surface area contributed by atoms with E-state index in [2.05, 4.69) is 31.4 Å². The Kier molecular flexibility index (Phi) is 3.61. The summed E-state index contributed by atoms with van der Waals surface area (Å²) < 4.78 is 5.83. The maximum Gasteiger partial charge on any atom is 0.312 e. The van der Waals surface area contributed by atoms with Crippen molar-refractivity contribution in [3.63, 3.8) is 0 Å². The number of rotatable bonds is 3. The molecule has 94 valence electrons. The van der Waals surface area contributed by atoms with Crippen molar-refractivity contribution >= 4 is 27.9 Å². The molecule has 1 amide bonds. The molecular formula is C11H11BrN4O2. The minimum absolute atomic E-state index is 0.0164. The number of hydrogen-bond acceptors (Lipinski definition) is 5. The molecule has 6 nitrogen and oxygen atoms in total. The molecule has 0 saturated carbocycles. The molecule has 3 N–H and O–H groups in total. The van der Waals surface area contributed by atoms with Crippen molar-refractivity contribution in [2.75, 3.05) is 5.73 Å². The van der Waals surface area contributed by atoms with Gasteiger partial charge in [-0.15, -0.1) is 5.10 Å². The summed E-state index contributed by atoms with van der Waals surface area (Å²) in [4.78, 5) is 11.8. The molecule has 0 atom stereocenters. The van der Waals surface area contributed by atoms with Crippen LogP contribution in [0.5, 0.6) is 0 Å². The van der Waals surface area contributed by atoms with Gasteiger partial charge in [0, 0.05) is 10.0 Å². The number of hydrogen-bond donors (Lipinski definition) is 2. The summed E-state index contributed by atoms with van der Waals surface area (Å²) in [6.45, 7) is 2.10. The predicted octanol–water partition coefficient (Wildman–Crippen LogP) is 1.65. The number of anilines is 1. The maximum absolute atomic E-state index is 11.8. The van der Waals surface area contributed by atoms with Crippen molar-refractivity contribution in [2.24, 2.45) is 0 Å². The van der Waals surface area contributed by atoms with Gasteiger partial charge in [0.05, 0.1) is 6.54 Å². The monoisotopic (exact) mass is 310 g/mol. The lowest BCUT2D eigenvalue weighted by molar-refractivity contribution is 0.0947. The van der Waals surface area contributed by atoms with Crippen LogP contribution < -0.4 is 11.1 Å². The Hall–Kier alpha value is -1.89. The zero-order valence-electron chi connectivity index (χ0n) is 9.61. The van der Waals surface area contributed by atoms with Crippen LogP contribution in [0, 0.1) is 6.92 Å². The van der Waals surface area contributed by atoms with Crippen LogP contribution in [-0.4, -0.2) is 16.1 Å². The molecule has 18 heavy (non-hydrogen) atoms. The molecule has 2 aromatic rings. The molecule has 0 aliphatic rings. The Morgan fingerprint density at radius 3 is 2.89 bits per heavy atom. The summed E-state index contributed by atoms with van der Waals surface area (Å²) in [6.07, 6.45) is 0. The Morgan fingerprint density at radius 1 is 1.50 bits per heavy atom. The minimum Gasteiger partial charge on any atom is -0.406 e. The van der Waals surface area contributed by atoms with E-state index in [9.17, 15) is 4.79 Å². The third-order valence-electron chi connectivity index (χ3n) is 2.32. The average molecular weight is 311 g/mol. The number of halogens is 1. The van der Waals surface area contributed by atoms with Gasteiger partial charge in [-0.1, -0.05) is 27.1 Å². The number of aromatic nitrogens is 2. The Balaban J connectivity index is 2.01. The van der Waals surface area contributed by atoms with Gasteiger partial charge in [-0.05, 0) is 24.6 Å². The molecule has 0 spiro atoms. The van der Waals surface area contributed by atoms with Crippen LogP contribution >= 0.6 is 15.9 Å². The van der Waals surface area contributed by atoms with E-state index in [0.717, 1.165) is 10.0 Å². The number of nitrogens with two attached hydrogens (primary N) is 1. The largest absolute Gasteiger partial charge is 0.406 e. The SMILES string of the molecule is Cc1ccc(C(=O)NCc2nnc(N)o2)cc1Br. The van der Waals surface area contributed by atoms with Crippen LogP contribution in [0.4, 0.5) is 6.01 Å². The van der Waals surface area contributed by atoms with Gasteiger partial charge in [0.15, 0.2) is 0 Å². The number of carbonyl (C=O) groups excluding carboxylic acids is 1. The van der Waals surface area contributed by atoms with Crippen molar-refractivity contribution in [2.45, 2.75) is 13.5 Å². The highest BCUT2D eigenvalue weighted by molar-refractivity contribution is 9.10. The van der Waals surface area contributed by atoms with Crippen LogP contribution in [0.1, 0.15) is 21.8 Å². The van der Waals surface area contributed by atoms with Crippen LogP contribution in [0.25, 0.3) is 0 Å². The summed E-state index contributed by atoms with van der Waals surface area (Å²) in [7, 11) is 0. The number of benzene rings is 1. The van der Waals surface area contributed by atoms with Gasteiger partial charge in [0.25, 0.3) is 5.91 Å². The van der Waals surface area contributed by atoms with Crippen molar-refractivity contribution in [1.82, 2.24) is 15.5 Å². The molecule has 1 aromatic carbocycles. The highest BCUT2D eigenvalue weighted by Gasteiger charge is 2.09. The molecule has 0 unspecified atom stereocenters. The van der Waals surface area contributed by atoms with Crippen molar-refractivity contribution in [1.29, 1.82) is 0 Å². The lowest BCUT2D eigenvalue weighted by Gasteiger charge is -2.04.